The number of pyridine rings is 1. The average molecular weight is 296 g/mol. The van der Waals surface area contributed by atoms with Crippen molar-refractivity contribution < 1.29 is 9.32 Å². The van der Waals surface area contributed by atoms with E-state index in [4.69, 9.17) is 11.6 Å². The van der Waals surface area contributed by atoms with Gasteiger partial charge in [0.2, 0.25) is 0 Å². The first-order valence-corrected chi connectivity index (χ1v) is 7.82. The summed E-state index contributed by atoms with van der Waals surface area (Å²) in [5.74, 6) is 0.124. The molecule has 2 rings (SSSR count). The van der Waals surface area contributed by atoms with Gasteiger partial charge in [0, 0.05) is 34.5 Å². The highest BCUT2D eigenvalue weighted by atomic mass is 35.5. The highest BCUT2D eigenvalue weighted by Gasteiger charge is 2.32. The fraction of sp³-hybridized carbons (Fsp3) is 0.214. The van der Waals surface area contributed by atoms with Crippen molar-refractivity contribution in [1.82, 2.24) is 4.98 Å². The molecule has 1 aromatic heterocycles. The Balaban J connectivity index is 2.51. The third kappa shape index (κ3) is 3.21. The van der Waals surface area contributed by atoms with E-state index < -0.39 is 16.4 Å². The van der Waals surface area contributed by atoms with Gasteiger partial charge in [-0.25, -0.2) is 0 Å². The monoisotopic (exact) mass is 295 g/mol. The van der Waals surface area contributed by atoms with E-state index in [1.807, 2.05) is 0 Å². The largest absolute Gasteiger partial charge is 0.379 e. The predicted octanol–water partition coefficient (Wildman–Crippen LogP) is 2.35. The zero-order valence-corrected chi connectivity index (χ0v) is 12.0. The predicted molar refractivity (Wildman–Crippen MR) is 77.6 cm³/mol. The minimum Gasteiger partial charge on any atom is -0.379 e. The Labute approximate surface area is 119 Å². The van der Waals surface area contributed by atoms with Gasteiger partial charge in [-0.2, -0.15) is 0 Å². The maximum absolute atomic E-state index is 11.6. The molecule has 0 saturated heterocycles. The number of benzene rings is 1. The van der Waals surface area contributed by atoms with Crippen molar-refractivity contribution in [3.8, 4) is 0 Å². The molecule has 0 saturated carbocycles. The highest BCUT2D eigenvalue weighted by Crippen LogP contribution is 2.30. The molecule has 5 heteroatoms. The second-order valence-corrected chi connectivity index (χ2v) is 6.19. The normalized spacial score (nSPS) is 15.7. The number of rotatable bonds is 4. The number of hydrogen-bond acceptors (Lipinski definition) is 3. The summed E-state index contributed by atoms with van der Waals surface area (Å²) in [5.41, 5.74) is 0.0333. The zero-order valence-electron chi connectivity index (χ0n) is 10.4. The molecule has 3 nitrogen and oxygen atoms in total. The van der Waals surface area contributed by atoms with Crippen molar-refractivity contribution >= 4 is 22.4 Å². The molecule has 19 heavy (non-hydrogen) atoms. The minimum absolute atomic E-state index is 0.124. The summed E-state index contributed by atoms with van der Waals surface area (Å²) in [6.45, 7) is 0. The molecule has 0 radical (unpaired) electrons. The van der Waals surface area contributed by atoms with Crippen LogP contribution in [0.25, 0.3) is 0 Å². The molecule has 0 aliphatic rings. The standard InChI is InChI=1S/C14H14ClNO2S/c1-19(18)10-14(17,12-6-8-16-9-7-12)11-2-4-13(15)5-3-11/h2-9,17H,10H2,1H3/t14-,19-/m0/s1. The first kappa shape index (κ1) is 14.2. The fourth-order valence-corrected chi connectivity index (χ4v) is 3.03. The molecule has 0 fully saturated rings. The lowest BCUT2D eigenvalue weighted by atomic mass is 9.89. The van der Waals surface area contributed by atoms with Gasteiger partial charge in [0.1, 0.15) is 5.60 Å². The summed E-state index contributed by atoms with van der Waals surface area (Å²) < 4.78 is 11.6. The third-order valence-electron chi connectivity index (χ3n) is 2.89. The number of aliphatic hydroxyl groups is 1. The van der Waals surface area contributed by atoms with Crippen molar-refractivity contribution in [3.05, 3.63) is 64.9 Å². The van der Waals surface area contributed by atoms with Gasteiger partial charge in [-0.05, 0) is 35.4 Å². The van der Waals surface area contributed by atoms with Crippen LogP contribution in [0.15, 0.2) is 48.8 Å². The maximum atomic E-state index is 11.6. The van der Waals surface area contributed by atoms with Crippen molar-refractivity contribution in [2.24, 2.45) is 0 Å². The van der Waals surface area contributed by atoms with Crippen molar-refractivity contribution in [2.45, 2.75) is 5.60 Å². The third-order valence-corrected chi connectivity index (χ3v) is 3.97. The molecule has 100 valence electrons. The molecule has 0 unspecified atom stereocenters. The van der Waals surface area contributed by atoms with Crippen LogP contribution in [-0.4, -0.2) is 26.3 Å². The van der Waals surface area contributed by atoms with Crippen molar-refractivity contribution in [2.75, 3.05) is 12.0 Å². The highest BCUT2D eigenvalue weighted by molar-refractivity contribution is 7.84. The number of aromatic nitrogens is 1. The van der Waals surface area contributed by atoms with E-state index >= 15 is 0 Å². The average Bonchev–Trinajstić information content (AvgIpc) is 2.39. The Morgan fingerprint density at radius 2 is 1.68 bits per heavy atom. The summed E-state index contributed by atoms with van der Waals surface area (Å²) in [7, 11) is -1.14. The van der Waals surface area contributed by atoms with Gasteiger partial charge in [-0.1, -0.05) is 23.7 Å². The number of nitrogens with zero attached hydrogens (tertiary/aromatic N) is 1. The van der Waals surface area contributed by atoms with Crippen LogP contribution in [0.3, 0.4) is 0 Å². The van der Waals surface area contributed by atoms with Crippen LogP contribution in [0.1, 0.15) is 11.1 Å². The van der Waals surface area contributed by atoms with Crippen LogP contribution in [0.2, 0.25) is 5.02 Å². The molecule has 0 amide bonds. The Morgan fingerprint density at radius 1 is 1.16 bits per heavy atom. The van der Waals surface area contributed by atoms with E-state index in [1.54, 1.807) is 55.0 Å². The lowest BCUT2D eigenvalue weighted by Gasteiger charge is -2.28. The summed E-state index contributed by atoms with van der Waals surface area (Å²) in [5, 5.41) is 11.5. The second kappa shape index (κ2) is 5.82. The van der Waals surface area contributed by atoms with Gasteiger partial charge in [-0.3, -0.25) is 9.19 Å². The molecule has 0 bridgehead atoms. The Kier molecular flexibility index (Phi) is 4.34. The van der Waals surface area contributed by atoms with Gasteiger partial charge >= 0.3 is 0 Å². The van der Waals surface area contributed by atoms with E-state index in [0.29, 0.717) is 16.1 Å². The summed E-state index contributed by atoms with van der Waals surface area (Å²) in [4.78, 5) is 3.94. The van der Waals surface area contributed by atoms with Crippen LogP contribution in [0, 0.1) is 0 Å². The Hall–Kier alpha value is -1.23. The quantitative estimate of drug-likeness (QED) is 0.942. The summed E-state index contributed by atoms with van der Waals surface area (Å²) >= 11 is 5.86. The summed E-state index contributed by atoms with van der Waals surface area (Å²) in [6.07, 6.45) is 4.78. The van der Waals surface area contributed by atoms with Gasteiger partial charge in [0.05, 0.1) is 5.75 Å². The molecule has 0 aliphatic carbocycles. The molecule has 0 aliphatic heterocycles. The molecule has 1 aromatic carbocycles. The lowest BCUT2D eigenvalue weighted by Crippen LogP contribution is -2.33. The van der Waals surface area contributed by atoms with Crippen molar-refractivity contribution in [3.63, 3.8) is 0 Å². The SMILES string of the molecule is C[S@](=O)C[C@@](O)(c1ccncc1)c1ccc(Cl)cc1. The zero-order chi connectivity index (χ0) is 13.9. The van der Waals surface area contributed by atoms with E-state index in [-0.39, 0.29) is 5.75 Å². The fourth-order valence-electron chi connectivity index (χ4n) is 1.98. The molecule has 1 heterocycles. The van der Waals surface area contributed by atoms with Gasteiger partial charge in [0.15, 0.2) is 0 Å². The van der Waals surface area contributed by atoms with Crippen LogP contribution in [0.4, 0.5) is 0 Å². The van der Waals surface area contributed by atoms with Gasteiger partial charge in [0.25, 0.3) is 0 Å². The summed E-state index contributed by atoms with van der Waals surface area (Å²) in [6, 6.07) is 10.4. The van der Waals surface area contributed by atoms with Gasteiger partial charge in [-0.15, -0.1) is 0 Å². The first-order chi connectivity index (χ1) is 9.02. The molecular formula is C14H14ClNO2S. The number of hydrogen-bond donors (Lipinski definition) is 1. The van der Waals surface area contributed by atoms with Crippen LogP contribution < -0.4 is 0 Å². The molecule has 1 N–H and O–H groups in total. The van der Waals surface area contributed by atoms with Crippen LogP contribution in [0.5, 0.6) is 0 Å². The van der Waals surface area contributed by atoms with Crippen LogP contribution in [-0.2, 0) is 16.4 Å². The second-order valence-electron chi connectivity index (χ2n) is 4.32. The molecule has 2 atom stereocenters. The molecular weight excluding hydrogens is 282 g/mol. The Bertz CT molecular complexity index is 574. The first-order valence-electron chi connectivity index (χ1n) is 5.71. The van der Waals surface area contributed by atoms with E-state index in [1.165, 1.54) is 0 Å². The van der Waals surface area contributed by atoms with E-state index in [9.17, 15) is 9.32 Å². The van der Waals surface area contributed by atoms with Gasteiger partial charge < -0.3 is 5.11 Å². The number of halogens is 1. The smallest absolute Gasteiger partial charge is 0.126 e. The van der Waals surface area contributed by atoms with Crippen molar-refractivity contribution in [1.29, 1.82) is 0 Å². The Morgan fingerprint density at radius 3 is 2.21 bits per heavy atom. The topological polar surface area (TPSA) is 50.2 Å². The van der Waals surface area contributed by atoms with E-state index in [2.05, 4.69) is 4.98 Å². The molecule has 2 aromatic rings. The molecule has 0 spiro atoms. The van der Waals surface area contributed by atoms with E-state index in [0.717, 1.165) is 0 Å². The lowest BCUT2D eigenvalue weighted by molar-refractivity contribution is 0.106. The van der Waals surface area contributed by atoms with Crippen LogP contribution >= 0.6 is 11.6 Å². The minimum atomic E-state index is -1.30. The maximum Gasteiger partial charge on any atom is 0.126 e.